The van der Waals surface area contributed by atoms with Crippen molar-refractivity contribution in [1.82, 2.24) is 0 Å². The summed E-state index contributed by atoms with van der Waals surface area (Å²) in [5, 5.41) is 9.11. The lowest BCUT2D eigenvalue weighted by Gasteiger charge is -2.08. The molecule has 0 spiro atoms. The van der Waals surface area contributed by atoms with Crippen LogP contribution in [-0.4, -0.2) is 18.2 Å². The number of carboxylic acids is 1. The maximum atomic E-state index is 11.1. The van der Waals surface area contributed by atoms with Crippen molar-refractivity contribution < 1.29 is 14.6 Å². The van der Waals surface area contributed by atoms with Gasteiger partial charge in [-0.2, -0.15) is 0 Å². The smallest absolute Gasteiger partial charge is 0.336 e. The lowest BCUT2D eigenvalue weighted by molar-refractivity contribution is -0.130. The molecular weight excluding hydrogens is 272 g/mol. The van der Waals surface area contributed by atoms with Crippen LogP contribution < -0.4 is 4.74 Å². The molecule has 1 N–H and O–H groups in total. The highest BCUT2D eigenvalue weighted by atomic mass is 79.9. The molecule has 0 aliphatic heterocycles. The van der Waals surface area contributed by atoms with Crippen molar-refractivity contribution in [3.05, 3.63) is 33.8 Å². The highest BCUT2D eigenvalue weighted by Crippen LogP contribution is 2.29. The van der Waals surface area contributed by atoms with Crippen LogP contribution >= 0.6 is 15.9 Å². The minimum Gasteiger partial charge on any atom is -0.496 e. The van der Waals surface area contributed by atoms with Crippen molar-refractivity contribution in [3.8, 4) is 5.75 Å². The van der Waals surface area contributed by atoms with Crippen molar-refractivity contribution in [3.63, 3.8) is 0 Å². The van der Waals surface area contributed by atoms with Gasteiger partial charge in [0, 0.05) is 0 Å². The summed E-state index contributed by atoms with van der Waals surface area (Å²) in [7, 11) is 1.57. The summed E-state index contributed by atoms with van der Waals surface area (Å²) in [6.45, 7) is 3.56. The number of hydrogen-bond donors (Lipinski definition) is 1. The molecule has 0 saturated heterocycles. The van der Waals surface area contributed by atoms with Gasteiger partial charge in [-0.15, -0.1) is 0 Å². The predicted octanol–water partition coefficient (Wildman–Crippen LogP) is 3.34. The molecule has 0 atom stereocenters. The van der Waals surface area contributed by atoms with Crippen LogP contribution in [0.4, 0.5) is 0 Å². The van der Waals surface area contributed by atoms with Gasteiger partial charge in [0.25, 0.3) is 0 Å². The van der Waals surface area contributed by atoms with Gasteiger partial charge in [-0.05, 0) is 47.5 Å². The first-order valence-electron chi connectivity index (χ1n) is 4.72. The van der Waals surface area contributed by atoms with Crippen LogP contribution in [0, 0.1) is 0 Å². The second kappa shape index (κ2) is 5.16. The molecule has 0 aromatic heterocycles. The molecule has 0 bridgehead atoms. The maximum absolute atomic E-state index is 11.1. The minimum atomic E-state index is -0.919. The number of carbonyl (C=O) groups is 1. The first kappa shape index (κ1) is 12.8. The number of benzene rings is 1. The van der Waals surface area contributed by atoms with Gasteiger partial charge in [0.15, 0.2) is 0 Å². The highest BCUT2D eigenvalue weighted by Gasteiger charge is 2.13. The summed E-state index contributed by atoms with van der Waals surface area (Å²) < 4.78 is 5.83. The molecule has 0 unspecified atom stereocenters. The first-order valence-corrected chi connectivity index (χ1v) is 5.51. The second-order valence-corrected chi connectivity index (χ2v) is 4.38. The summed E-state index contributed by atoms with van der Waals surface area (Å²) in [5.74, 6) is -0.237. The molecule has 86 valence electrons. The maximum Gasteiger partial charge on any atom is 0.336 e. The molecule has 16 heavy (non-hydrogen) atoms. The van der Waals surface area contributed by atoms with Crippen LogP contribution in [0.5, 0.6) is 5.75 Å². The molecule has 0 radical (unpaired) electrons. The SMILES string of the molecule is COc1ccc(C(C(=O)O)=C(C)C)cc1Br. The van der Waals surface area contributed by atoms with Gasteiger partial charge < -0.3 is 9.84 Å². The predicted molar refractivity (Wildman–Crippen MR) is 66.6 cm³/mol. The number of methoxy groups -OCH3 is 1. The fraction of sp³-hybridized carbons (Fsp3) is 0.250. The van der Waals surface area contributed by atoms with Gasteiger partial charge in [-0.25, -0.2) is 4.79 Å². The zero-order chi connectivity index (χ0) is 12.3. The number of aliphatic carboxylic acids is 1. The molecule has 0 heterocycles. The van der Waals surface area contributed by atoms with E-state index in [9.17, 15) is 4.79 Å². The fourth-order valence-corrected chi connectivity index (χ4v) is 1.99. The van der Waals surface area contributed by atoms with E-state index in [-0.39, 0.29) is 0 Å². The summed E-state index contributed by atoms with van der Waals surface area (Å²) in [6, 6.07) is 5.22. The van der Waals surface area contributed by atoms with Gasteiger partial charge in [-0.3, -0.25) is 0 Å². The molecule has 4 heteroatoms. The Labute approximate surface area is 103 Å². The molecule has 0 fully saturated rings. The molecular formula is C12H13BrO3. The van der Waals surface area contributed by atoms with Crippen molar-refractivity contribution >= 4 is 27.5 Å². The highest BCUT2D eigenvalue weighted by molar-refractivity contribution is 9.10. The lowest BCUT2D eigenvalue weighted by atomic mass is 10.0. The van der Waals surface area contributed by atoms with Crippen molar-refractivity contribution in [1.29, 1.82) is 0 Å². The number of rotatable bonds is 3. The normalized spacial score (nSPS) is 9.75. The molecule has 1 aromatic carbocycles. The van der Waals surface area contributed by atoms with Crippen LogP contribution in [0.25, 0.3) is 5.57 Å². The monoisotopic (exact) mass is 284 g/mol. The van der Waals surface area contributed by atoms with Crippen molar-refractivity contribution in [2.24, 2.45) is 0 Å². The Morgan fingerprint density at radius 3 is 2.38 bits per heavy atom. The van der Waals surface area contributed by atoms with Crippen molar-refractivity contribution in [2.75, 3.05) is 7.11 Å². The van der Waals surface area contributed by atoms with Crippen LogP contribution in [0.1, 0.15) is 19.4 Å². The van der Waals surface area contributed by atoms with Crippen molar-refractivity contribution in [2.45, 2.75) is 13.8 Å². The number of ether oxygens (including phenoxy) is 1. The quantitative estimate of drug-likeness (QED) is 0.866. The number of allylic oxidation sites excluding steroid dienone is 1. The Kier molecular flexibility index (Phi) is 4.12. The van der Waals surface area contributed by atoms with Gasteiger partial charge >= 0.3 is 5.97 Å². The third kappa shape index (κ3) is 2.64. The number of hydrogen-bond acceptors (Lipinski definition) is 2. The standard InChI is InChI=1S/C12H13BrO3/c1-7(2)11(12(14)15)8-4-5-10(16-3)9(13)6-8/h4-6H,1-3H3,(H,14,15). The fourth-order valence-electron chi connectivity index (χ4n) is 1.45. The van der Waals surface area contributed by atoms with E-state index in [1.807, 2.05) is 0 Å². The van der Waals surface area contributed by atoms with E-state index in [1.54, 1.807) is 39.2 Å². The zero-order valence-corrected chi connectivity index (χ0v) is 11.0. The molecule has 1 rings (SSSR count). The average Bonchev–Trinajstić information content (AvgIpc) is 2.16. The van der Waals surface area contributed by atoms with Crippen LogP contribution in [-0.2, 0) is 4.79 Å². The Morgan fingerprint density at radius 2 is 2.00 bits per heavy atom. The Bertz CT molecular complexity index is 446. The Hall–Kier alpha value is -1.29. The summed E-state index contributed by atoms with van der Waals surface area (Å²) in [5.41, 5.74) is 1.76. The molecule has 0 aliphatic rings. The largest absolute Gasteiger partial charge is 0.496 e. The van der Waals surface area contributed by atoms with E-state index in [1.165, 1.54) is 0 Å². The first-order chi connectivity index (χ1) is 7.47. The third-order valence-corrected chi connectivity index (χ3v) is 2.77. The molecule has 0 saturated carbocycles. The van der Waals surface area contributed by atoms with E-state index in [0.717, 1.165) is 10.0 Å². The van der Waals surface area contributed by atoms with E-state index >= 15 is 0 Å². The van der Waals surface area contributed by atoms with Gasteiger partial charge in [0.05, 0.1) is 17.2 Å². The Morgan fingerprint density at radius 1 is 1.38 bits per heavy atom. The summed E-state index contributed by atoms with van der Waals surface area (Å²) >= 11 is 3.33. The molecule has 0 aliphatic carbocycles. The molecule has 1 aromatic rings. The molecule has 0 amide bonds. The lowest BCUT2D eigenvalue weighted by Crippen LogP contribution is -2.01. The Balaban J connectivity index is 3.29. The van der Waals surface area contributed by atoms with Crippen LogP contribution in [0.3, 0.4) is 0 Å². The number of carboxylic acid groups (broad SMARTS) is 1. The second-order valence-electron chi connectivity index (χ2n) is 3.53. The zero-order valence-electron chi connectivity index (χ0n) is 9.37. The minimum absolute atomic E-state index is 0.323. The van der Waals surface area contributed by atoms with Gasteiger partial charge in [0.2, 0.25) is 0 Å². The summed E-state index contributed by atoms with van der Waals surface area (Å²) in [6.07, 6.45) is 0. The van der Waals surface area contributed by atoms with Crippen LogP contribution in [0.2, 0.25) is 0 Å². The number of halogens is 1. The average molecular weight is 285 g/mol. The van der Waals surface area contributed by atoms with Crippen LogP contribution in [0.15, 0.2) is 28.2 Å². The molecule has 3 nitrogen and oxygen atoms in total. The van der Waals surface area contributed by atoms with Gasteiger partial charge in [0.1, 0.15) is 5.75 Å². The third-order valence-electron chi connectivity index (χ3n) is 2.15. The van der Waals surface area contributed by atoms with E-state index in [4.69, 9.17) is 9.84 Å². The van der Waals surface area contributed by atoms with E-state index in [2.05, 4.69) is 15.9 Å². The van der Waals surface area contributed by atoms with Gasteiger partial charge in [-0.1, -0.05) is 11.6 Å². The topological polar surface area (TPSA) is 46.5 Å². The summed E-state index contributed by atoms with van der Waals surface area (Å²) in [4.78, 5) is 11.1. The van der Waals surface area contributed by atoms with E-state index in [0.29, 0.717) is 16.9 Å². The van der Waals surface area contributed by atoms with E-state index < -0.39 is 5.97 Å².